The molecule has 0 aliphatic carbocycles. The molecule has 3 aromatic heterocycles. The molecule has 0 fully saturated rings. The lowest BCUT2D eigenvalue weighted by molar-refractivity contribution is 0.296. The second-order valence-corrected chi connectivity index (χ2v) is 9.87. The molecule has 3 heterocycles. The number of aromatic amines is 1. The molecule has 34 heavy (non-hydrogen) atoms. The Hall–Kier alpha value is -3.73. The van der Waals surface area contributed by atoms with Gasteiger partial charge in [0.1, 0.15) is 15.7 Å². The second-order valence-electron chi connectivity index (χ2n) is 7.69. The average molecular weight is 487 g/mol. The van der Waals surface area contributed by atoms with E-state index in [1.54, 1.807) is 43.5 Å². The number of pyridine rings is 2. The van der Waals surface area contributed by atoms with Crippen molar-refractivity contribution < 1.29 is 22.3 Å². The summed E-state index contributed by atoms with van der Waals surface area (Å²) in [5.41, 5.74) is 1.83. The molecular formula is C23H23FN4O5S. The van der Waals surface area contributed by atoms with Crippen molar-refractivity contribution >= 4 is 21.0 Å². The lowest BCUT2D eigenvalue weighted by Gasteiger charge is -2.19. The van der Waals surface area contributed by atoms with Gasteiger partial charge in [-0.2, -0.15) is 0 Å². The Bertz CT molecular complexity index is 1500. The van der Waals surface area contributed by atoms with Crippen molar-refractivity contribution in [3.8, 4) is 22.8 Å². The largest absolute Gasteiger partial charge is 0.491 e. The summed E-state index contributed by atoms with van der Waals surface area (Å²) in [6, 6.07) is 9.83. The highest BCUT2D eigenvalue weighted by molar-refractivity contribution is 7.90. The summed E-state index contributed by atoms with van der Waals surface area (Å²) in [5.74, 6) is -0.163. The van der Waals surface area contributed by atoms with Gasteiger partial charge in [0, 0.05) is 18.0 Å². The first-order chi connectivity index (χ1) is 16.2. The molecule has 0 aliphatic rings. The van der Waals surface area contributed by atoms with Crippen molar-refractivity contribution in [2.24, 2.45) is 0 Å². The first-order valence-corrected chi connectivity index (χ1v) is 12.5. The molecule has 1 aromatic carbocycles. The van der Waals surface area contributed by atoms with Crippen LogP contribution in [0.2, 0.25) is 0 Å². The Morgan fingerprint density at radius 1 is 1.15 bits per heavy atom. The zero-order valence-electron chi connectivity index (χ0n) is 18.8. The predicted molar refractivity (Wildman–Crippen MR) is 126 cm³/mol. The number of sulfone groups is 1. The van der Waals surface area contributed by atoms with Gasteiger partial charge < -0.3 is 14.5 Å². The van der Waals surface area contributed by atoms with E-state index >= 15 is 0 Å². The Morgan fingerprint density at radius 2 is 1.88 bits per heavy atom. The van der Waals surface area contributed by atoms with Gasteiger partial charge in [-0.1, -0.05) is 12.1 Å². The average Bonchev–Trinajstić information content (AvgIpc) is 3.12. The highest BCUT2D eigenvalue weighted by Crippen LogP contribution is 2.30. The zero-order chi connectivity index (χ0) is 24.5. The fraction of sp³-hybridized carbons (Fsp3) is 0.261. The van der Waals surface area contributed by atoms with Crippen molar-refractivity contribution in [3.05, 3.63) is 70.7 Å². The number of hydrogen-bond donors (Lipinski definition) is 1. The Morgan fingerprint density at radius 3 is 2.53 bits per heavy atom. The Balaban J connectivity index is 1.86. The third-order valence-corrected chi connectivity index (χ3v) is 6.12. The van der Waals surface area contributed by atoms with Crippen molar-refractivity contribution in [2.75, 3.05) is 25.7 Å². The summed E-state index contributed by atoms with van der Waals surface area (Å²) in [6.45, 7) is 2.11. The van der Waals surface area contributed by atoms with Gasteiger partial charge >= 0.3 is 5.69 Å². The van der Waals surface area contributed by atoms with Gasteiger partial charge in [0.25, 0.3) is 5.88 Å². The van der Waals surface area contributed by atoms with Crippen molar-refractivity contribution in [1.82, 2.24) is 19.5 Å². The number of rotatable bonds is 8. The topological polar surface area (TPSA) is 116 Å². The molecule has 4 aromatic rings. The predicted octanol–water partition coefficient (Wildman–Crippen LogP) is 2.97. The third-order valence-electron chi connectivity index (χ3n) is 5.19. The zero-order valence-corrected chi connectivity index (χ0v) is 19.6. The molecule has 0 radical (unpaired) electrons. The van der Waals surface area contributed by atoms with Crippen LogP contribution in [-0.4, -0.2) is 53.7 Å². The van der Waals surface area contributed by atoms with Crippen LogP contribution < -0.4 is 15.2 Å². The van der Waals surface area contributed by atoms with E-state index in [2.05, 4.69) is 15.0 Å². The number of H-pyrrole nitrogens is 1. The van der Waals surface area contributed by atoms with Crippen molar-refractivity contribution in [2.45, 2.75) is 13.0 Å². The number of benzene rings is 1. The molecule has 1 unspecified atom stereocenters. The SMILES string of the molecule is CCOc1nc(C(CS(C)(=O)=O)n2c(=O)[nH]c3cc(-c4ccc(F)cc4)cnc32)ccc1OC. The molecule has 0 bridgehead atoms. The summed E-state index contributed by atoms with van der Waals surface area (Å²) in [6.07, 6.45) is 2.64. The Labute approximate surface area is 195 Å². The molecule has 0 amide bonds. The van der Waals surface area contributed by atoms with Gasteiger partial charge in [-0.25, -0.2) is 27.6 Å². The smallest absolute Gasteiger partial charge is 0.328 e. The second kappa shape index (κ2) is 9.26. The van der Waals surface area contributed by atoms with E-state index in [4.69, 9.17) is 9.47 Å². The lowest BCUT2D eigenvalue weighted by Crippen LogP contribution is -2.29. The van der Waals surface area contributed by atoms with E-state index in [9.17, 15) is 17.6 Å². The maximum Gasteiger partial charge on any atom is 0.328 e. The summed E-state index contributed by atoms with van der Waals surface area (Å²) < 4.78 is 50.0. The number of halogens is 1. The van der Waals surface area contributed by atoms with Crippen LogP contribution in [0.3, 0.4) is 0 Å². The molecule has 0 aliphatic heterocycles. The van der Waals surface area contributed by atoms with E-state index in [0.717, 1.165) is 11.8 Å². The molecular weight excluding hydrogens is 463 g/mol. The van der Waals surface area contributed by atoms with E-state index in [1.165, 1.54) is 23.8 Å². The molecule has 0 saturated carbocycles. The summed E-state index contributed by atoms with van der Waals surface area (Å²) >= 11 is 0. The number of nitrogens with zero attached hydrogens (tertiary/aromatic N) is 3. The summed E-state index contributed by atoms with van der Waals surface area (Å²) in [4.78, 5) is 24.6. The fourth-order valence-electron chi connectivity index (χ4n) is 3.70. The molecule has 0 saturated heterocycles. The molecule has 11 heteroatoms. The van der Waals surface area contributed by atoms with E-state index < -0.39 is 21.6 Å². The minimum Gasteiger partial charge on any atom is -0.491 e. The van der Waals surface area contributed by atoms with Gasteiger partial charge in [-0.3, -0.25) is 4.57 Å². The molecule has 9 nitrogen and oxygen atoms in total. The van der Waals surface area contributed by atoms with E-state index in [1.807, 2.05) is 0 Å². The number of hydrogen-bond acceptors (Lipinski definition) is 7. The first-order valence-electron chi connectivity index (χ1n) is 10.4. The van der Waals surface area contributed by atoms with Gasteiger partial charge in [-0.05, 0) is 42.8 Å². The summed E-state index contributed by atoms with van der Waals surface area (Å²) in [7, 11) is -2.06. The van der Waals surface area contributed by atoms with Crippen LogP contribution in [0.25, 0.3) is 22.3 Å². The lowest BCUT2D eigenvalue weighted by atomic mass is 10.1. The quantitative estimate of drug-likeness (QED) is 0.407. The van der Waals surface area contributed by atoms with E-state index in [0.29, 0.717) is 29.1 Å². The number of methoxy groups -OCH3 is 1. The van der Waals surface area contributed by atoms with Crippen LogP contribution in [0.5, 0.6) is 11.6 Å². The monoisotopic (exact) mass is 486 g/mol. The Kier molecular flexibility index (Phi) is 6.38. The maximum atomic E-state index is 13.3. The molecule has 1 atom stereocenters. The molecule has 1 N–H and O–H groups in total. The van der Waals surface area contributed by atoms with Crippen LogP contribution in [-0.2, 0) is 9.84 Å². The van der Waals surface area contributed by atoms with Gasteiger partial charge in [-0.15, -0.1) is 0 Å². The van der Waals surface area contributed by atoms with Crippen molar-refractivity contribution in [1.29, 1.82) is 0 Å². The van der Waals surface area contributed by atoms with Crippen LogP contribution >= 0.6 is 0 Å². The van der Waals surface area contributed by atoms with Crippen LogP contribution in [0.4, 0.5) is 4.39 Å². The molecule has 0 spiro atoms. The highest BCUT2D eigenvalue weighted by Gasteiger charge is 2.27. The number of nitrogens with one attached hydrogen (secondary N) is 1. The maximum absolute atomic E-state index is 13.3. The molecule has 4 rings (SSSR count). The van der Waals surface area contributed by atoms with Crippen LogP contribution in [0.15, 0.2) is 53.5 Å². The number of aromatic nitrogens is 4. The minimum atomic E-state index is -3.53. The van der Waals surface area contributed by atoms with Crippen LogP contribution in [0.1, 0.15) is 18.7 Å². The van der Waals surface area contributed by atoms with Crippen LogP contribution in [0, 0.1) is 5.82 Å². The number of imidazole rings is 1. The fourth-order valence-corrected chi connectivity index (χ4v) is 4.60. The first kappa shape index (κ1) is 23.4. The highest BCUT2D eigenvalue weighted by atomic mass is 32.2. The standard InChI is InChI=1S/C23H23FN4O5S/c1-4-33-22-20(32-2)10-9-17(26-22)19(13-34(3,30)31)28-21-18(27-23(28)29)11-15(12-25-21)14-5-7-16(24)8-6-14/h5-12,19H,4,13H2,1-3H3,(H,27,29). The minimum absolute atomic E-state index is 0.195. The summed E-state index contributed by atoms with van der Waals surface area (Å²) in [5, 5.41) is 0. The van der Waals surface area contributed by atoms with Gasteiger partial charge in [0.05, 0.1) is 36.7 Å². The van der Waals surface area contributed by atoms with Crippen molar-refractivity contribution in [3.63, 3.8) is 0 Å². The number of fused-ring (bicyclic) bond motifs is 1. The van der Waals surface area contributed by atoms with E-state index in [-0.39, 0.29) is 23.1 Å². The normalized spacial score (nSPS) is 12.6. The van der Waals surface area contributed by atoms with Gasteiger partial charge in [0.15, 0.2) is 11.4 Å². The molecule has 178 valence electrons. The third kappa shape index (κ3) is 4.79. The van der Waals surface area contributed by atoms with Gasteiger partial charge in [0.2, 0.25) is 0 Å². The number of ether oxygens (including phenoxy) is 2.